The van der Waals surface area contributed by atoms with E-state index in [2.05, 4.69) is 22.2 Å². The van der Waals surface area contributed by atoms with Crippen LogP contribution in [0.25, 0.3) is 0 Å². The zero-order valence-electron chi connectivity index (χ0n) is 12.4. The van der Waals surface area contributed by atoms with Crippen LogP contribution in [0.4, 0.5) is 5.13 Å². The molecule has 1 heterocycles. The van der Waals surface area contributed by atoms with Crippen LogP contribution in [0, 0.1) is 6.92 Å². The molecule has 3 N–H and O–H groups in total. The van der Waals surface area contributed by atoms with Gasteiger partial charge in [0.15, 0.2) is 5.13 Å². The van der Waals surface area contributed by atoms with Crippen molar-refractivity contribution < 1.29 is 9.90 Å². The maximum absolute atomic E-state index is 12.0. The Morgan fingerprint density at radius 3 is 2.86 bits per heavy atom. The molecule has 22 heavy (non-hydrogen) atoms. The molecule has 0 aliphatic heterocycles. The first-order chi connectivity index (χ1) is 10.6. The number of aliphatic hydroxyl groups is 1. The van der Waals surface area contributed by atoms with E-state index in [4.69, 9.17) is 0 Å². The number of benzene rings is 1. The molecule has 6 heteroatoms. The van der Waals surface area contributed by atoms with E-state index in [0.717, 1.165) is 11.1 Å². The molecule has 0 radical (unpaired) electrons. The largest absolute Gasteiger partial charge is 0.387 e. The maximum atomic E-state index is 12.0. The van der Waals surface area contributed by atoms with E-state index in [1.807, 2.05) is 31.2 Å². The van der Waals surface area contributed by atoms with Crippen molar-refractivity contribution in [2.45, 2.75) is 13.0 Å². The first-order valence-electron chi connectivity index (χ1n) is 6.93. The summed E-state index contributed by atoms with van der Waals surface area (Å²) in [6.45, 7) is 6.35. The van der Waals surface area contributed by atoms with E-state index in [1.165, 1.54) is 17.5 Å². The summed E-state index contributed by atoms with van der Waals surface area (Å²) >= 11 is 1.27. The molecule has 1 atom stereocenters. The minimum absolute atomic E-state index is 0.162. The molecule has 2 aromatic rings. The summed E-state index contributed by atoms with van der Waals surface area (Å²) in [6, 6.07) is 7.58. The Morgan fingerprint density at radius 2 is 2.18 bits per heavy atom. The predicted molar refractivity (Wildman–Crippen MR) is 89.3 cm³/mol. The number of hydrogen-bond acceptors (Lipinski definition) is 5. The van der Waals surface area contributed by atoms with Gasteiger partial charge in [0.2, 0.25) is 0 Å². The summed E-state index contributed by atoms with van der Waals surface area (Å²) < 4.78 is 0. The number of aliphatic hydroxyl groups excluding tert-OH is 1. The molecule has 5 nitrogen and oxygen atoms in total. The summed E-state index contributed by atoms with van der Waals surface area (Å²) in [5.74, 6) is -0.240. The third kappa shape index (κ3) is 4.41. The van der Waals surface area contributed by atoms with Gasteiger partial charge in [0.1, 0.15) is 4.88 Å². The fourth-order valence-corrected chi connectivity index (χ4v) is 2.54. The van der Waals surface area contributed by atoms with Crippen LogP contribution < -0.4 is 10.6 Å². The van der Waals surface area contributed by atoms with Crippen molar-refractivity contribution in [3.8, 4) is 0 Å². The molecule has 116 valence electrons. The molecule has 0 bridgehead atoms. The molecule has 1 unspecified atom stereocenters. The highest BCUT2D eigenvalue weighted by atomic mass is 32.1. The molecule has 0 aliphatic carbocycles. The lowest BCUT2D eigenvalue weighted by Crippen LogP contribution is -2.27. The number of aryl methyl sites for hydroxylation is 1. The molecule has 1 amide bonds. The zero-order valence-corrected chi connectivity index (χ0v) is 13.2. The number of thiazole rings is 1. The average Bonchev–Trinajstić information content (AvgIpc) is 3.00. The van der Waals surface area contributed by atoms with Gasteiger partial charge in [0, 0.05) is 13.1 Å². The first kappa shape index (κ1) is 16.2. The van der Waals surface area contributed by atoms with Crippen LogP contribution in [0.15, 0.2) is 43.1 Å². The van der Waals surface area contributed by atoms with E-state index in [-0.39, 0.29) is 12.5 Å². The standard InChI is InChI=1S/C16H19N3O2S/c1-3-8-17-16-19-10-14(22-16)15(21)18-9-13(20)12-6-4-11(2)5-7-12/h3-7,10,13,20H,1,8-9H2,2H3,(H,17,19)(H,18,21). The SMILES string of the molecule is C=CCNc1ncc(C(=O)NCC(O)c2ccc(C)cc2)s1. The van der Waals surface area contributed by atoms with Crippen LogP contribution in [0.5, 0.6) is 0 Å². The van der Waals surface area contributed by atoms with Gasteiger partial charge in [0.25, 0.3) is 5.91 Å². The highest BCUT2D eigenvalue weighted by Crippen LogP contribution is 2.18. The van der Waals surface area contributed by atoms with Gasteiger partial charge in [-0.25, -0.2) is 4.98 Å². The molecule has 0 fully saturated rings. The third-order valence-corrected chi connectivity index (χ3v) is 4.00. The predicted octanol–water partition coefficient (Wildman–Crippen LogP) is 2.51. The lowest BCUT2D eigenvalue weighted by atomic mass is 10.1. The van der Waals surface area contributed by atoms with Gasteiger partial charge in [-0.15, -0.1) is 6.58 Å². The van der Waals surface area contributed by atoms with E-state index in [9.17, 15) is 9.90 Å². The number of anilines is 1. The number of carbonyl (C=O) groups is 1. The van der Waals surface area contributed by atoms with Crippen molar-refractivity contribution in [1.82, 2.24) is 10.3 Å². The molecule has 1 aromatic carbocycles. The van der Waals surface area contributed by atoms with Crippen LogP contribution in [0.3, 0.4) is 0 Å². The molecule has 0 aliphatic rings. The molecule has 2 rings (SSSR count). The van der Waals surface area contributed by atoms with Crippen LogP contribution in [-0.2, 0) is 0 Å². The molecular weight excluding hydrogens is 298 g/mol. The first-order valence-corrected chi connectivity index (χ1v) is 7.75. The molecule has 0 saturated heterocycles. The van der Waals surface area contributed by atoms with E-state index >= 15 is 0 Å². The van der Waals surface area contributed by atoms with Gasteiger partial charge in [-0.1, -0.05) is 47.2 Å². The van der Waals surface area contributed by atoms with Gasteiger partial charge in [-0.2, -0.15) is 0 Å². The minimum atomic E-state index is -0.726. The van der Waals surface area contributed by atoms with Crippen molar-refractivity contribution in [3.05, 3.63) is 59.1 Å². The van der Waals surface area contributed by atoms with Crippen LogP contribution in [0.2, 0.25) is 0 Å². The number of amides is 1. The lowest BCUT2D eigenvalue weighted by molar-refractivity contribution is 0.0920. The average molecular weight is 317 g/mol. The van der Waals surface area contributed by atoms with E-state index < -0.39 is 6.10 Å². The Labute approximate surface area is 133 Å². The Bertz CT molecular complexity index is 637. The monoisotopic (exact) mass is 317 g/mol. The van der Waals surface area contributed by atoms with Gasteiger partial charge in [-0.05, 0) is 12.5 Å². The molecule has 1 aromatic heterocycles. The second-order valence-electron chi connectivity index (χ2n) is 4.84. The molecule has 0 spiro atoms. The smallest absolute Gasteiger partial charge is 0.263 e. The fraction of sp³-hybridized carbons (Fsp3) is 0.250. The summed E-state index contributed by atoms with van der Waals surface area (Å²) in [5.41, 5.74) is 1.91. The van der Waals surface area contributed by atoms with E-state index in [0.29, 0.717) is 16.6 Å². The maximum Gasteiger partial charge on any atom is 0.263 e. The zero-order chi connectivity index (χ0) is 15.9. The normalized spacial score (nSPS) is 11.7. The lowest BCUT2D eigenvalue weighted by Gasteiger charge is -2.11. The number of nitrogens with one attached hydrogen (secondary N) is 2. The van der Waals surface area contributed by atoms with Crippen LogP contribution >= 0.6 is 11.3 Å². The summed E-state index contributed by atoms with van der Waals surface area (Å²) in [6.07, 6.45) is 2.51. The van der Waals surface area contributed by atoms with Gasteiger partial charge >= 0.3 is 0 Å². The highest BCUT2D eigenvalue weighted by molar-refractivity contribution is 7.17. The van der Waals surface area contributed by atoms with Crippen molar-refractivity contribution in [2.75, 3.05) is 18.4 Å². The van der Waals surface area contributed by atoms with E-state index in [1.54, 1.807) is 6.08 Å². The summed E-state index contributed by atoms with van der Waals surface area (Å²) in [7, 11) is 0. The quantitative estimate of drug-likeness (QED) is 0.686. The Balaban J connectivity index is 1.87. The molecular formula is C16H19N3O2S. The number of nitrogens with zero attached hydrogens (tertiary/aromatic N) is 1. The second-order valence-corrected chi connectivity index (χ2v) is 5.87. The number of hydrogen-bond donors (Lipinski definition) is 3. The Hall–Kier alpha value is -2.18. The number of rotatable bonds is 7. The topological polar surface area (TPSA) is 74.2 Å². The Morgan fingerprint density at radius 1 is 1.45 bits per heavy atom. The number of aromatic nitrogens is 1. The summed E-state index contributed by atoms with van der Waals surface area (Å²) in [5, 5.41) is 16.5. The van der Waals surface area contributed by atoms with Crippen molar-refractivity contribution in [3.63, 3.8) is 0 Å². The summed E-state index contributed by atoms with van der Waals surface area (Å²) in [4.78, 5) is 16.6. The molecule has 0 saturated carbocycles. The van der Waals surface area contributed by atoms with Crippen molar-refractivity contribution >= 4 is 22.4 Å². The van der Waals surface area contributed by atoms with Gasteiger partial charge < -0.3 is 15.7 Å². The second kappa shape index (κ2) is 7.72. The van der Waals surface area contributed by atoms with Crippen molar-refractivity contribution in [2.24, 2.45) is 0 Å². The van der Waals surface area contributed by atoms with Gasteiger partial charge in [-0.3, -0.25) is 4.79 Å². The Kier molecular flexibility index (Phi) is 5.68. The van der Waals surface area contributed by atoms with Crippen molar-refractivity contribution in [1.29, 1.82) is 0 Å². The van der Waals surface area contributed by atoms with Gasteiger partial charge in [0.05, 0.1) is 12.3 Å². The minimum Gasteiger partial charge on any atom is -0.387 e. The van der Waals surface area contributed by atoms with Crippen LogP contribution in [-0.4, -0.2) is 29.1 Å². The van der Waals surface area contributed by atoms with Crippen LogP contribution in [0.1, 0.15) is 26.9 Å². The third-order valence-electron chi connectivity index (χ3n) is 3.05. The highest BCUT2D eigenvalue weighted by Gasteiger charge is 2.13. The fourth-order valence-electron chi connectivity index (χ4n) is 1.80. The number of carbonyl (C=O) groups excluding carboxylic acids is 1.